The quantitative estimate of drug-likeness (QED) is 0.422. The van der Waals surface area contributed by atoms with Gasteiger partial charge in [0.05, 0.1) is 6.04 Å². The highest BCUT2D eigenvalue weighted by Gasteiger charge is 2.29. The first-order chi connectivity index (χ1) is 15.8. The highest BCUT2D eigenvalue weighted by Crippen LogP contribution is 2.40. The molecule has 2 aromatic heterocycles. The molecule has 4 rings (SSSR count). The summed E-state index contributed by atoms with van der Waals surface area (Å²) in [6.07, 6.45) is 7.23. The van der Waals surface area contributed by atoms with Gasteiger partial charge < -0.3 is 20.1 Å². The average molecular weight is 465 g/mol. The van der Waals surface area contributed by atoms with Crippen molar-refractivity contribution in [3.63, 3.8) is 0 Å². The van der Waals surface area contributed by atoms with Crippen molar-refractivity contribution in [1.29, 1.82) is 0 Å². The number of fused-ring (bicyclic) bond motifs is 1. The Balaban J connectivity index is 1.66. The van der Waals surface area contributed by atoms with Gasteiger partial charge in [-0.25, -0.2) is 4.79 Å². The van der Waals surface area contributed by atoms with Crippen molar-refractivity contribution in [1.82, 2.24) is 14.8 Å². The highest BCUT2D eigenvalue weighted by atomic mass is 32.1. The number of hydrogen-bond acceptors (Lipinski definition) is 3. The highest BCUT2D eigenvalue weighted by molar-refractivity contribution is 7.15. The molecule has 33 heavy (non-hydrogen) atoms. The second-order valence-corrected chi connectivity index (χ2v) is 10.8. The first kappa shape index (κ1) is 23.6. The lowest BCUT2D eigenvalue weighted by Gasteiger charge is -2.26. The van der Waals surface area contributed by atoms with Crippen LogP contribution in [0.15, 0.2) is 42.7 Å². The summed E-state index contributed by atoms with van der Waals surface area (Å²) in [7, 11) is 2.18. The van der Waals surface area contributed by atoms with E-state index in [1.54, 1.807) is 0 Å². The summed E-state index contributed by atoms with van der Waals surface area (Å²) in [5.41, 5.74) is 5.96. The molecule has 1 unspecified atom stereocenters. The lowest BCUT2D eigenvalue weighted by Crippen LogP contribution is -2.34. The van der Waals surface area contributed by atoms with Crippen LogP contribution in [0, 0.1) is 19.8 Å². The lowest BCUT2D eigenvalue weighted by molar-refractivity contribution is 0.247. The van der Waals surface area contributed by atoms with E-state index in [9.17, 15) is 4.79 Å². The number of carbonyl (C=O) groups excluding carboxylic acids is 1. The summed E-state index contributed by atoms with van der Waals surface area (Å²) in [6, 6.07) is 10.0. The van der Waals surface area contributed by atoms with Crippen LogP contribution in [-0.2, 0) is 13.0 Å². The molecule has 0 spiro atoms. The number of amides is 2. The maximum Gasteiger partial charge on any atom is 0.319 e. The first-order valence-corrected chi connectivity index (χ1v) is 12.7. The summed E-state index contributed by atoms with van der Waals surface area (Å²) in [4.78, 5) is 16.9. The van der Waals surface area contributed by atoms with E-state index in [2.05, 4.69) is 85.4 Å². The van der Waals surface area contributed by atoms with E-state index in [-0.39, 0.29) is 12.1 Å². The van der Waals surface area contributed by atoms with Crippen molar-refractivity contribution in [2.45, 2.75) is 59.5 Å². The molecule has 0 saturated heterocycles. The average Bonchev–Trinajstić information content (AvgIpc) is 3.41. The van der Waals surface area contributed by atoms with Gasteiger partial charge in [0.1, 0.15) is 5.00 Å². The number of aromatic nitrogens is 1. The molecule has 5 nitrogen and oxygen atoms in total. The summed E-state index contributed by atoms with van der Waals surface area (Å²) in [5.74, 6) is 0.577. The van der Waals surface area contributed by atoms with E-state index >= 15 is 0 Å². The van der Waals surface area contributed by atoms with Gasteiger partial charge in [-0.05, 0) is 87.0 Å². The smallest absolute Gasteiger partial charge is 0.319 e. The summed E-state index contributed by atoms with van der Waals surface area (Å²) >= 11 is 1.87. The van der Waals surface area contributed by atoms with Crippen LogP contribution in [-0.4, -0.2) is 29.1 Å². The Morgan fingerprint density at radius 3 is 2.58 bits per heavy atom. The van der Waals surface area contributed by atoms with E-state index in [0.717, 1.165) is 38.0 Å². The number of thiophene rings is 1. The summed E-state index contributed by atoms with van der Waals surface area (Å²) in [6.45, 7) is 10.7. The van der Waals surface area contributed by atoms with E-state index in [1.165, 1.54) is 32.1 Å². The molecule has 1 atom stereocenters. The van der Waals surface area contributed by atoms with Gasteiger partial charge in [0.15, 0.2) is 0 Å². The van der Waals surface area contributed by atoms with Gasteiger partial charge >= 0.3 is 6.03 Å². The molecule has 1 aliphatic heterocycles. The fourth-order valence-corrected chi connectivity index (χ4v) is 5.95. The minimum absolute atomic E-state index is 0.0280. The fourth-order valence-electron chi connectivity index (χ4n) is 4.50. The number of rotatable bonds is 7. The van der Waals surface area contributed by atoms with Crippen molar-refractivity contribution >= 4 is 23.1 Å². The molecule has 3 aromatic rings. The van der Waals surface area contributed by atoms with Gasteiger partial charge in [0.25, 0.3) is 0 Å². The largest absolute Gasteiger partial charge is 0.331 e. The Morgan fingerprint density at radius 1 is 1.12 bits per heavy atom. The molecule has 1 aliphatic rings. The van der Waals surface area contributed by atoms with Crippen LogP contribution in [0.1, 0.15) is 59.9 Å². The van der Waals surface area contributed by atoms with Gasteiger partial charge in [-0.3, -0.25) is 0 Å². The zero-order valence-corrected chi connectivity index (χ0v) is 21.3. The minimum atomic E-state index is -0.140. The van der Waals surface area contributed by atoms with Crippen molar-refractivity contribution in [3.05, 3.63) is 69.9 Å². The molecule has 0 fully saturated rings. The van der Waals surface area contributed by atoms with Crippen molar-refractivity contribution in [2.24, 2.45) is 5.92 Å². The third-order valence-electron chi connectivity index (χ3n) is 6.56. The Bertz CT molecular complexity index is 1100. The number of benzene rings is 1. The van der Waals surface area contributed by atoms with E-state index in [0.29, 0.717) is 5.92 Å². The van der Waals surface area contributed by atoms with Crippen molar-refractivity contribution in [3.8, 4) is 5.00 Å². The predicted molar refractivity (Wildman–Crippen MR) is 139 cm³/mol. The molecule has 0 aliphatic carbocycles. The molecule has 2 N–H and O–H groups in total. The van der Waals surface area contributed by atoms with Crippen LogP contribution >= 0.6 is 11.3 Å². The molecule has 0 bridgehead atoms. The van der Waals surface area contributed by atoms with Crippen LogP contribution in [0.25, 0.3) is 5.00 Å². The number of anilines is 1. The van der Waals surface area contributed by atoms with E-state index < -0.39 is 0 Å². The van der Waals surface area contributed by atoms with Crippen LogP contribution < -0.4 is 10.6 Å². The van der Waals surface area contributed by atoms with Gasteiger partial charge in [0.2, 0.25) is 0 Å². The zero-order chi connectivity index (χ0) is 23.5. The molecular weight excluding hydrogens is 428 g/mol. The number of likely N-dealkylation sites (N-methyl/N-ethyl adjacent to an activating group) is 1. The lowest BCUT2D eigenvalue weighted by atomic mass is 9.92. The number of aryl methyl sites for hydroxylation is 2. The van der Waals surface area contributed by atoms with E-state index in [4.69, 9.17) is 0 Å². The Morgan fingerprint density at radius 2 is 1.88 bits per heavy atom. The maximum absolute atomic E-state index is 13.1. The first-order valence-electron chi connectivity index (χ1n) is 11.9. The molecule has 0 saturated carbocycles. The molecule has 6 heteroatoms. The molecule has 1 aromatic carbocycles. The predicted octanol–water partition coefficient (Wildman–Crippen LogP) is 6.44. The Hall–Kier alpha value is -2.57. The van der Waals surface area contributed by atoms with Crippen molar-refractivity contribution in [2.75, 3.05) is 18.9 Å². The topological polar surface area (TPSA) is 49.3 Å². The van der Waals surface area contributed by atoms with Gasteiger partial charge in [0, 0.05) is 41.6 Å². The number of nitrogens with zero attached hydrogens (tertiary/aromatic N) is 2. The second kappa shape index (κ2) is 10.1. The molecular formula is C27H36N4OS. The Labute approximate surface area is 201 Å². The van der Waals surface area contributed by atoms with Crippen LogP contribution in [0.5, 0.6) is 0 Å². The van der Waals surface area contributed by atoms with Crippen LogP contribution in [0.2, 0.25) is 0 Å². The standard InChI is InChI=1S/C27H36N4OS/c1-18(2)8-11-23(29-27(32)28-21-10-9-19(3)20(4)16-21)25-22-12-15-30(5)17-24(22)33-26(25)31-13-6-7-14-31/h6-7,9-10,13-14,16,18,23H,8,11-12,15,17H2,1-5H3,(H2,28,29,32). The van der Waals surface area contributed by atoms with Gasteiger partial charge in [-0.1, -0.05) is 19.9 Å². The van der Waals surface area contributed by atoms with Crippen LogP contribution in [0.4, 0.5) is 10.5 Å². The van der Waals surface area contributed by atoms with Gasteiger partial charge in [-0.2, -0.15) is 0 Å². The summed E-state index contributed by atoms with van der Waals surface area (Å²) in [5, 5.41) is 7.66. The monoisotopic (exact) mass is 464 g/mol. The van der Waals surface area contributed by atoms with Crippen LogP contribution in [0.3, 0.4) is 0 Å². The number of urea groups is 1. The zero-order valence-electron chi connectivity index (χ0n) is 20.4. The molecule has 2 amide bonds. The van der Waals surface area contributed by atoms with E-state index in [1.807, 2.05) is 23.5 Å². The summed E-state index contributed by atoms with van der Waals surface area (Å²) < 4.78 is 2.21. The molecule has 176 valence electrons. The third-order valence-corrected chi connectivity index (χ3v) is 7.81. The number of carbonyl (C=O) groups is 1. The second-order valence-electron chi connectivity index (χ2n) is 9.72. The number of hydrogen-bond donors (Lipinski definition) is 2. The molecule has 0 radical (unpaired) electrons. The minimum Gasteiger partial charge on any atom is -0.331 e. The van der Waals surface area contributed by atoms with Gasteiger partial charge in [-0.15, -0.1) is 11.3 Å². The SMILES string of the molecule is Cc1ccc(NC(=O)NC(CCC(C)C)c2c(-n3cccc3)sc3c2CCN(C)C3)cc1C. The third kappa shape index (κ3) is 5.50. The van der Waals surface area contributed by atoms with Crippen molar-refractivity contribution < 1.29 is 4.79 Å². The fraction of sp³-hybridized carbons (Fsp3) is 0.444. The normalized spacial score (nSPS) is 14.8. The maximum atomic E-state index is 13.1. The molecule has 3 heterocycles. The number of nitrogens with one attached hydrogen (secondary N) is 2. The Kier molecular flexibility index (Phi) is 7.25.